The molecule has 0 heterocycles. The van der Waals surface area contributed by atoms with Gasteiger partial charge in [0.25, 0.3) is 0 Å². The largest absolute Gasteiger partial charge is 0.496 e. The molecular weight excluding hydrogens is 304 g/mol. The molecule has 1 aliphatic rings. The summed E-state index contributed by atoms with van der Waals surface area (Å²) in [6.45, 7) is 5.71. The van der Waals surface area contributed by atoms with Gasteiger partial charge in [-0.25, -0.2) is 0 Å². The summed E-state index contributed by atoms with van der Waals surface area (Å²) in [5.74, 6) is 0.332. The summed E-state index contributed by atoms with van der Waals surface area (Å²) in [6.07, 6.45) is 2.18. The minimum absolute atomic E-state index is 0.199. The van der Waals surface area contributed by atoms with Crippen LogP contribution in [0.1, 0.15) is 45.2 Å². The number of hydrogen-bond donors (Lipinski definition) is 0. The molecule has 0 aliphatic heterocycles. The molecule has 3 rings (SSSR count). The van der Waals surface area contributed by atoms with E-state index in [9.17, 15) is 9.59 Å². The second-order valence-electron chi connectivity index (χ2n) is 5.52. The lowest BCUT2D eigenvalue weighted by Crippen LogP contribution is -2.24. The monoisotopic (exact) mass is 322 g/mol. The highest BCUT2D eigenvalue weighted by Gasteiger charge is 2.34. The van der Waals surface area contributed by atoms with Crippen LogP contribution < -0.4 is 9.47 Å². The van der Waals surface area contributed by atoms with Crippen molar-refractivity contribution in [1.82, 2.24) is 0 Å². The van der Waals surface area contributed by atoms with Crippen molar-refractivity contribution < 1.29 is 19.1 Å². The van der Waals surface area contributed by atoms with E-state index in [1.165, 1.54) is 7.11 Å². The zero-order valence-corrected chi connectivity index (χ0v) is 13.7. The first kappa shape index (κ1) is 16.0. The Labute approximate surface area is 140 Å². The van der Waals surface area contributed by atoms with E-state index < -0.39 is 0 Å². The summed E-state index contributed by atoms with van der Waals surface area (Å²) in [7, 11) is 1.48. The summed E-state index contributed by atoms with van der Waals surface area (Å²) in [5, 5.41) is 0. The molecule has 0 radical (unpaired) electrons. The average Bonchev–Trinajstić information content (AvgIpc) is 2.63. The van der Waals surface area contributed by atoms with E-state index in [4.69, 9.17) is 9.47 Å². The maximum absolute atomic E-state index is 13.1. The average molecular weight is 322 g/mol. The van der Waals surface area contributed by atoms with Gasteiger partial charge in [-0.05, 0) is 18.6 Å². The molecule has 122 valence electrons. The Bertz CT molecular complexity index is 836. The number of methoxy groups -OCH3 is 1. The van der Waals surface area contributed by atoms with Gasteiger partial charge >= 0.3 is 0 Å². The van der Waals surface area contributed by atoms with E-state index in [1.54, 1.807) is 42.5 Å². The van der Waals surface area contributed by atoms with Gasteiger partial charge in [0.05, 0.1) is 18.2 Å². The Hall–Kier alpha value is -2.88. The number of ether oxygens (including phenoxy) is 2. The van der Waals surface area contributed by atoms with Gasteiger partial charge in [-0.3, -0.25) is 9.59 Å². The van der Waals surface area contributed by atoms with E-state index in [0.29, 0.717) is 33.8 Å². The van der Waals surface area contributed by atoms with Crippen LogP contribution in [0.2, 0.25) is 0 Å². The zero-order valence-electron chi connectivity index (χ0n) is 13.7. The molecular formula is C20H18O4. The molecule has 0 bridgehead atoms. The molecule has 0 saturated carbocycles. The van der Waals surface area contributed by atoms with Crippen molar-refractivity contribution >= 4 is 11.6 Å². The number of ketones is 2. The van der Waals surface area contributed by atoms with Crippen molar-refractivity contribution in [3.05, 3.63) is 71.3 Å². The molecule has 0 N–H and O–H groups in total. The highest BCUT2D eigenvalue weighted by Crippen LogP contribution is 2.37. The highest BCUT2D eigenvalue weighted by atomic mass is 16.5. The first-order valence-corrected chi connectivity index (χ1v) is 7.81. The van der Waals surface area contributed by atoms with Gasteiger partial charge in [-0.15, -0.1) is 0 Å². The number of rotatable bonds is 5. The fourth-order valence-electron chi connectivity index (χ4n) is 2.91. The lowest BCUT2D eigenvalue weighted by Gasteiger charge is -2.23. The molecule has 24 heavy (non-hydrogen) atoms. The maximum Gasteiger partial charge on any atom is 0.201 e. The van der Waals surface area contributed by atoms with Crippen molar-refractivity contribution in [2.24, 2.45) is 0 Å². The van der Waals surface area contributed by atoms with Gasteiger partial charge in [0.15, 0.2) is 5.78 Å². The minimum Gasteiger partial charge on any atom is -0.496 e. The van der Waals surface area contributed by atoms with Crippen molar-refractivity contribution in [3.63, 3.8) is 0 Å². The third-order valence-electron chi connectivity index (χ3n) is 4.16. The predicted molar refractivity (Wildman–Crippen MR) is 91.2 cm³/mol. The summed E-state index contributed by atoms with van der Waals surface area (Å²) in [4.78, 5) is 25.9. The van der Waals surface area contributed by atoms with Crippen LogP contribution in [0.3, 0.4) is 0 Å². The van der Waals surface area contributed by atoms with Crippen LogP contribution in [0.5, 0.6) is 11.5 Å². The lowest BCUT2D eigenvalue weighted by molar-refractivity contribution is 0.0971. The Balaban J connectivity index is 2.19. The number of carbonyl (C=O) groups excluding carboxylic acids is 2. The molecule has 0 aromatic heterocycles. The molecule has 1 aliphatic carbocycles. The van der Waals surface area contributed by atoms with Crippen LogP contribution in [0.15, 0.2) is 49.1 Å². The van der Waals surface area contributed by atoms with E-state index >= 15 is 0 Å². The van der Waals surface area contributed by atoms with Gasteiger partial charge in [-0.2, -0.15) is 0 Å². The third kappa shape index (κ3) is 2.40. The highest BCUT2D eigenvalue weighted by molar-refractivity contribution is 6.30. The smallest absolute Gasteiger partial charge is 0.201 e. The van der Waals surface area contributed by atoms with Crippen molar-refractivity contribution in [1.29, 1.82) is 0 Å². The van der Waals surface area contributed by atoms with Crippen LogP contribution in [0, 0.1) is 0 Å². The van der Waals surface area contributed by atoms with Gasteiger partial charge in [0, 0.05) is 11.1 Å². The molecule has 0 saturated heterocycles. The molecule has 0 amide bonds. The van der Waals surface area contributed by atoms with Crippen LogP contribution in [-0.4, -0.2) is 24.8 Å². The lowest BCUT2D eigenvalue weighted by atomic mass is 9.83. The van der Waals surface area contributed by atoms with E-state index in [1.807, 2.05) is 6.92 Å². The second kappa shape index (κ2) is 6.32. The Kier molecular flexibility index (Phi) is 4.21. The fraction of sp³-hybridized carbons (Fsp3) is 0.200. The third-order valence-corrected chi connectivity index (χ3v) is 4.16. The minimum atomic E-state index is -0.258. The van der Waals surface area contributed by atoms with Crippen molar-refractivity contribution in [3.8, 4) is 11.5 Å². The normalized spacial score (nSPS) is 13.8. The predicted octanol–water partition coefficient (Wildman–Crippen LogP) is 3.81. The molecule has 2 aromatic carbocycles. The first-order valence-electron chi connectivity index (χ1n) is 7.81. The van der Waals surface area contributed by atoms with E-state index in [0.717, 1.165) is 6.42 Å². The summed E-state index contributed by atoms with van der Waals surface area (Å²) < 4.78 is 11.2. The molecule has 0 spiro atoms. The van der Waals surface area contributed by atoms with Gasteiger partial charge in [0.2, 0.25) is 5.78 Å². The summed E-state index contributed by atoms with van der Waals surface area (Å²) >= 11 is 0. The van der Waals surface area contributed by atoms with Crippen molar-refractivity contribution in [2.75, 3.05) is 7.11 Å². The summed E-state index contributed by atoms with van der Waals surface area (Å²) in [5.41, 5.74) is 1.30. The number of fused-ring (bicyclic) bond motifs is 2. The topological polar surface area (TPSA) is 52.6 Å². The molecule has 2 aromatic rings. The number of hydrogen-bond acceptors (Lipinski definition) is 4. The quantitative estimate of drug-likeness (QED) is 0.670. The van der Waals surface area contributed by atoms with Crippen LogP contribution in [0.25, 0.3) is 0 Å². The Morgan fingerprint density at radius 1 is 1.00 bits per heavy atom. The van der Waals surface area contributed by atoms with Crippen molar-refractivity contribution in [2.45, 2.75) is 19.4 Å². The van der Waals surface area contributed by atoms with Gasteiger partial charge in [-0.1, -0.05) is 43.8 Å². The van der Waals surface area contributed by atoms with Gasteiger partial charge < -0.3 is 9.47 Å². The van der Waals surface area contributed by atoms with Gasteiger partial charge in [0.1, 0.15) is 17.6 Å². The van der Waals surface area contributed by atoms with E-state index in [2.05, 4.69) is 6.58 Å². The molecule has 4 nitrogen and oxygen atoms in total. The zero-order chi connectivity index (χ0) is 17.3. The SMILES string of the molecule is C=CC(CC)Oc1cccc2c1C(=O)c1c(OC)cccc1C2=O. The Morgan fingerprint density at radius 2 is 1.58 bits per heavy atom. The fourth-order valence-corrected chi connectivity index (χ4v) is 2.91. The number of carbonyl (C=O) groups is 2. The second-order valence-corrected chi connectivity index (χ2v) is 5.52. The van der Waals surface area contributed by atoms with Crippen LogP contribution in [0.4, 0.5) is 0 Å². The first-order chi connectivity index (χ1) is 11.6. The molecule has 1 atom stereocenters. The molecule has 1 unspecified atom stereocenters. The Morgan fingerprint density at radius 3 is 2.12 bits per heavy atom. The molecule has 0 fully saturated rings. The number of benzene rings is 2. The standard InChI is InChI=1S/C20H18O4/c1-4-12(5-2)24-16-11-7-9-14-18(16)20(22)17-13(19(14)21)8-6-10-15(17)23-3/h4,6-12H,1,5H2,2-3H3. The van der Waals surface area contributed by atoms with Crippen LogP contribution >= 0.6 is 0 Å². The maximum atomic E-state index is 13.1. The summed E-state index contributed by atoms with van der Waals surface area (Å²) in [6, 6.07) is 10.1. The van der Waals surface area contributed by atoms with E-state index in [-0.39, 0.29) is 17.7 Å². The van der Waals surface area contributed by atoms with Crippen LogP contribution in [-0.2, 0) is 0 Å². The molecule has 4 heteroatoms.